The summed E-state index contributed by atoms with van der Waals surface area (Å²) in [5.74, 6) is -5.51. The zero-order chi connectivity index (χ0) is 24.4. The Hall–Kier alpha value is -4.10. The second-order valence-electron chi connectivity index (χ2n) is 5.52. The molecule has 32 heavy (non-hydrogen) atoms. The SMILES string of the molecule is O=C(O)C(F)(F)F.O=C(O)C(F)(F)F.c1ccc2[nH]ncc2c1.c1ccc2[nH]ncc2c1. The van der Waals surface area contributed by atoms with Crippen molar-refractivity contribution in [2.75, 3.05) is 0 Å². The van der Waals surface area contributed by atoms with Crippen molar-refractivity contribution in [2.24, 2.45) is 0 Å². The normalized spacial score (nSPS) is 10.7. The second-order valence-corrected chi connectivity index (χ2v) is 5.52. The highest BCUT2D eigenvalue weighted by atomic mass is 19.4. The third kappa shape index (κ3) is 9.15. The van der Waals surface area contributed by atoms with Crippen molar-refractivity contribution >= 4 is 33.7 Å². The first-order chi connectivity index (χ1) is 14.8. The van der Waals surface area contributed by atoms with E-state index < -0.39 is 24.3 Å². The Morgan fingerprint density at radius 2 is 0.938 bits per heavy atom. The van der Waals surface area contributed by atoms with Gasteiger partial charge in [0.2, 0.25) is 0 Å². The van der Waals surface area contributed by atoms with Gasteiger partial charge in [0.1, 0.15) is 0 Å². The molecule has 2 heterocycles. The van der Waals surface area contributed by atoms with Crippen LogP contribution in [0.4, 0.5) is 26.3 Å². The molecule has 0 saturated heterocycles. The van der Waals surface area contributed by atoms with Crippen molar-refractivity contribution in [1.29, 1.82) is 0 Å². The number of alkyl halides is 6. The first-order valence-electron chi connectivity index (χ1n) is 8.19. The highest BCUT2D eigenvalue weighted by molar-refractivity contribution is 5.78. The topological polar surface area (TPSA) is 132 Å². The molecular formula is C18H14F6N4O4. The molecule has 14 heteroatoms. The van der Waals surface area contributed by atoms with Crippen LogP contribution in [-0.4, -0.2) is 54.9 Å². The van der Waals surface area contributed by atoms with Gasteiger partial charge in [0.25, 0.3) is 0 Å². The number of nitrogens with one attached hydrogen (secondary N) is 2. The van der Waals surface area contributed by atoms with Crippen LogP contribution in [0.15, 0.2) is 60.9 Å². The maximum Gasteiger partial charge on any atom is 0.490 e. The maximum atomic E-state index is 10.6. The summed E-state index contributed by atoms with van der Waals surface area (Å²) in [6.07, 6.45) is -6.54. The van der Waals surface area contributed by atoms with Gasteiger partial charge < -0.3 is 10.2 Å². The minimum absolute atomic E-state index is 1.09. The van der Waals surface area contributed by atoms with Gasteiger partial charge in [-0.2, -0.15) is 36.5 Å². The molecule has 0 atom stereocenters. The minimum atomic E-state index is -5.08. The van der Waals surface area contributed by atoms with Crippen LogP contribution in [0.25, 0.3) is 21.8 Å². The quantitative estimate of drug-likeness (QED) is 0.286. The first kappa shape index (κ1) is 25.9. The van der Waals surface area contributed by atoms with Gasteiger partial charge in [-0.05, 0) is 12.1 Å². The van der Waals surface area contributed by atoms with Crippen LogP contribution >= 0.6 is 0 Å². The summed E-state index contributed by atoms with van der Waals surface area (Å²) in [4.78, 5) is 17.8. The first-order valence-corrected chi connectivity index (χ1v) is 8.19. The molecule has 2 aromatic heterocycles. The number of carboxylic acid groups (broad SMARTS) is 2. The lowest BCUT2D eigenvalue weighted by molar-refractivity contribution is -0.193. The van der Waals surface area contributed by atoms with E-state index in [-0.39, 0.29) is 0 Å². The predicted octanol–water partition coefficient (Wildman–Crippen LogP) is 4.39. The molecule has 0 bridgehead atoms. The Kier molecular flexibility index (Phi) is 9.19. The smallest absolute Gasteiger partial charge is 0.475 e. The van der Waals surface area contributed by atoms with Crippen molar-refractivity contribution in [3.05, 3.63) is 60.9 Å². The number of aromatic nitrogens is 4. The van der Waals surface area contributed by atoms with Crippen molar-refractivity contribution < 1.29 is 46.1 Å². The number of halogens is 6. The van der Waals surface area contributed by atoms with Crippen LogP contribution in [0.2, 0.25) is 0 Å². The molecule has 0 aliphatic heterocycles. The zero-order valence-electron chi connectivity index (χ0n) is 15.6. The molecule has 0 aliphatic rings. The number of fused-ring (bicyclic) bond motifs is 2. The van der Waals surface area contributed by atoms with Gasteiger partial charge in [-0.25, -0.2) is 9.59 Å². The van der Waals surface area contributed by atoms with E-state index in [1.165, 1.54) is 0 Å². The third-order valence-corrected chi connectivity index (χ3v) is 3.18. The third-order valence-electron chi connectivity index (χ3n) is 3.18. The fourth-order valence-corrected chi connectivity index (χ4v) is 1.77. The van der Waals surface area contributed by atoms with Gasteiger partial charge >= 0.3 is 24.3 Å². The van der Waals surface area contributed by atoms with E-state index in [0.717, 1.165) is 21.8 Å². The van der Waals surface area contributed by atoms with Crippen LogP contribution in [0, 0.1) is 0 Å². The lowest BCUT2D eigenvalue weighted by atomic mass is 10.3. The molecule has 0 saturated carbocycles. The van der Waals surface area contributed by atoms with Crippen molar-refractivity contribution in [1.82, 2.24) is 20.4 Å². The lowest BCUT2D eigenvalue weighted by Gasteiger charge is -1.93. The second kappa shape index (κ2) is 11.3. The maximum absolute atomic E-state index is 10.6. The van der Waals surface area contributed by atoms with Crippen LogP contribution < -0.4 is 0 Å². The average Bonchev–Trinajstić information content (AvgIpc) is 3.37. The van der Waals surface area contributed by atoms with E-state index in [1.54, 1.807) is 0 Å². The lowest BCUT2D eigenvalue weighted by Crippen LogP contribution is -2.21. The number of nitrogens with zero attached hydrogens (tertiary/aromatic N) is 2. The molecule has 8 nitrogen and oxygen atoms in total. The Bertz CT molecular complexity index is 987. The fourth-order valence-electron chi connectivity index (χ4n) is 1.77. The zero-order valence-corrected chi connectivity index (χ0v) is 15.6. The minimum Gasteiger partial charge on any atom is -0.475 e. The predicted molar refractivity (Wildman–Crippen MR) is 99.6 cm³/mol. The highest BCUT2D eigenvalue weighted by Crippen LogP contribution is 2.13. The molecule has 0 fully saturated rings. The van der Waals surface area contributed by atoms with Crippen molar-refractivity contribution in [2.45, 2.75) is 12.4 Å². The van der Waals surface area contributed by atoms with Gasteiger partial charge in [0, 0.05) is 10.8 Å². The summed E-state index contributed by atoms with van der Waals surface area (Å²) in [7, 11) is 0. The molecule has 4 aromatic rings. The molecule has 172 valence electrons. The van der Waals surface area contributed by atoms with Crippen LogP contribution in [0.1, 0.15) is 0 Å². The number of rotatable bonds is 0. The van der Waals surface area contributed by atoms with Crippen LogP contribution in [0.3, 0.4) is 0 Å². The number of carboxylic acids is 2. The molecule has 0 radical (unpaired) electrons. The molecule has 0 unspecified atom stereocenters. The Morgan fingerprint density at radius 1 is 0.656 bits per heavy atom. The van der Waals surface area contributed by atoms with Gasteiger partial charge in [-0.15, -0.1) is 0 Å². The number of aromatic amines is 2. The van der Waals surface area contributed by atoms with E-state index in [2.05, 4.69) is 20.4 Å². The van der Waals surface area contributed by atoms with Gasteiger partial charge in [0.15, 0.2) is 0 Å². The Balaban J connectivity index is 0.000000216. The number of hydrogen-bond donors (Lipinski definition) is 4. The monoisotopic (exact) mass is 464 g/mol. The number of hydrogen-bond acceptors (Lipinski definition) is 4. The van der Waals surface area contributed by atoms with Crippen LogP contribution in [-0.2, 0) is 9.59 Å². The summed E-state index contributed by atoms with van der Waals surface area (Å²) in [5.41, 5.74) is 2.19. The van der Waals surface area contributed by atoms with Gasteiger partial charge in [-0.3, -0.25) is 10.2 Å². The summed E-state index contributed by atoms with van der Waals surface area (Å²) >= 11 is 0. The van der Waals surface area contributed by atoms with E-state index in [0.29, 0.717) is 0 Å². The average molecular weight is 464 g/mol. The Morgan fingerprint density at radius 3 is 1.19 bits per heavy atom. The van der Waals surface area contributed by atoms with E-state index in [9.17, 15) is 26.3 Å². The standard InChI is InChI=1S/2C7H6N2.2C2HF3O2/c2*1-2-4-7-6(3-1)5-8-9-7;2*3-2(4,5)1(6)7/h2*1-5H,(H,8,9);2*(H,6,7). The van der Waals surface area contributed by atoms with Crippen molar-refractivity contribution in [3.8, 4) is 0 Å². The molecular weight excluding hydrogens is 450 g/mol. The molecule has 0 amide bonds. The largest absolute Gasteiger partial charge is 0.490 e. The van der Waals surface area contributed by atoms with Crippen LogP contribution in [0.5, 0.6) is 0 Å². The summed E-state index contributed by atoms with van der Waals surface area (Å²) in [5, 5.41) is 30.1. The van der Waals surface area contributed by atoms with Crippen molar-refractivity contribution in [3.63, 3.8) is 0 Å². The number of aliphatic carboxylic acids is 2. The van der Waals surface area contributed by atoms with E-state index >= 15 is 0 Å². The fraction of sp³-hybridized carbons (Fsp3) is 0.111. The van der Waals surface area contributed by atoms with E-state index in [1.807, 2.05) is 60.9 Å². The molecule has 0 spiro atoms. The molecule has 0 aliphatic carbocycles. The number of carbonyl (C=O) groups is 2. The van der Waals surface area contributed by atoms with Gasteiger partial charge in [0.05, 0.1) is 23.4 Å². The summed E-state index contributed by atoms with van der Waals surface area (Å²) in [6.45, 7) is 0. The summed E-state index contributed by atoms with van der Waals surface area (Å²) < 4.78 is 63.5. The van der Waals surface area contributed by atoms with E-state index in [4.69, 9.17) is 19.8 Å². The molecule has 2 aromatic carbocycles. The van der Waals surface area contributed by atoms with Gasteiger partial charge in [-0.1, -0.05) is 36.4 Å². The Labute approximate surface area is 174 Å². The molecule has 4 rings (SSSR count). The molecule has 4 N–H and O–H groups in total. The number of H-pyrrole nitrogens is 2. The number of benzene rings is 2. The summed E-state index contributed by atoms with van der Waals surface area (Å²) in [6, 6.07) is 16.0. The highest BCUT2D eigenvalue weighted by Gasteiger charge is 2.38. The number of para-hydroxylation sites is 2.